The zero-order valence-electron chi connectivity index (χ0n) is 10.6. The number of rotatable bonds is 6. The third-order valence-electron chi connectivity index (χ3n) is 2.25. The number of nitro groups is 1. The summed E-state index contributed by atoms with van der Waals surface area (Å²) in [4.78, 5) is 10.4. The third kappa shape index (κ3) is 4.65. The molecule has 0 radical (unpaired) electrons. The standard InChI is InChI=1S/C12H14IN3O3/c1-8(2)15-3-4-19-12-10(13)5-9(7-14)6-11(12)16(17)18/h5-6,8,15H,3-4H2,1-2H3. The zero-order chi connectivity index (χ0) is 14.4. The van der Waals surface area contributed by atoms with Crippen molar-refractivity contribution in [3.63, 3.8) is 0 Å². The molecule has 1 N–H and O–H groups in total. The van der Waals surface area contributed by atoms with Crippen LogP contribution in [0.2, 0.25) is 0 Å². The first-order chi connectivity index (χ1) is 8.95. The van der Waals surface area contributed by atoms with E-state index in [-0.39, 0.29) is 17.0 Å². The first-order valence-electron chi connectivity index (χ1n) is 5.70. The molecular formula is C12H14IN3O3. The fraction of sp³-hybridized carbons (Fsp3) is 0.417. The van der Waals surface area contributed by atoms with Crippen LogP contribution in [0.4, 0.5) is 5.69 Å². The minimum atomic E-state index is -0.534. The predicted molar refractivity (Wildman–Crippen MR) is 79.2 cm³/mol. The lowest BCUT2D eigenvalue weighted by molar-refractivity contribution is -0.386. The number of nitrogens with zero attached hydrogens (tertiary/aromatic N) is 2. The van der Waals surface area contributed by atoms with Gasteiger partial charge in [-0.15, -0.1) is 0 Å². The SMILES string of the molecule is CC(C)NCCOc1c(I)cc(C#N)cc1[N+](=O)[O-]. The Labute approximate surface area is 125 Å². The number of nitriles is 1. The Bertz CT molecular complexity index is 512. The highest BCUT2D eigenvalue weighted by molar-refractivity contribution is 14.1. The van der Waals surface area contributed by atoms with Gasteiger partial charge in [0.15, 0.2) is 0 Å². The van der Waals surface area contributed by atoms with Gasteiger partial charge >= 0.3 is 5.69 Å². The highest BCUT2D eigenvalue weighted by Gasteiger charge is 2.20. The van der Waals surface area contributed by atoms with Crippen LogP contribution in [0.5, 0.6) is 5.75 Å². The van der Waals surface area contributed by atoms with E-state index in [2.05, 4.69) is 5.32 Å². The fourth-order valence-electron chi connectivity index (χ4n) is 1.42. The van der Waals surface area contributed by atoms with Gasteiger partial charge in [0.25, 0.3) is 0 Å². The minimum Gasteiger partial charge on any atom is -0.485 e. The Morgan fingerprint density at radius 3 is 2.79 bits per heavy atom. The molecule has 102 valence electrons. The maximum atomic E-state index is 11.0. The van der Waals surface area contributed by atoms with Crippen molar-refractivity contribution in [3.05, 3.63) is 31.4 Å². The molecule has 0 aromatic heterocycles. The molecule has 0 spiro atoms. The molecule has 19 heavy (non-hydrogen) atoms. The lowest BCUT2D eigenvalue weighted by Gasteiger charge is -2.11. The number of hydrogen-bond acceptors (Lipinski definition) is 5. The lowest BCUT2D eigenvalue weighted by atomic mass is 10.2. The number of ether oxygens (including phenoxy) is 1. The summed E-state index contributed by atoms with van der Waals surface area (Å²) in [7, 11) is 0. The summed E-state index contributed by atoms with van der Waals surface area (Å²) in [6.07, 6.45) is 0. The van der Waals surface area contributed by atoms with Crippen molar-refractivity contribution in [2.24, 2.45) is 0 Å². The van der Waals surface area contributed by atoms with Gasteiger partial charge in [-0.05, 0) is 28.7 Å². The van der Waals surface area contributed by atoms with Gasteiger partial charge in [-0.1, -0.05) is 13.8 Å². The Kier molecular flexibility index (Phi) is 5.98. The molecule has 1 aromatic carbocycles. The zero-order valence-corrected chi connectivity index (χ0v) is 12.8. The molecule has 1 aromatic rings. The summed E-state index contributed by atoms with van der Waals surface area (Å²) in [6, 6.07) is 5.03. The molecule has 0 heterocycles. The second-order valence-corrected chi connectivity index (χ2v) is 5.29. The summed E-state index contributed by atoms with van der Waals surface area (Å²) >= 11 is 1.93. The van der Waals surface area contributed by atoms with Crippen molar-refractivity contribution in [2.75, 3.05) is 13.2 Å². The van der Waals surface area contributed by atoms with Crippen molar-refractivity contribution in [3.8, 4) is 11.8 Å². The van der Waals surface area contributed by atoms with E-state index < -0.39 is 4.92 Å². The van der Waals surface area contributed by atoms with Crippen LogP contribution in [0, 0.1) is 25.0 Å². The Balaban J connectivity index is 2.87. The molecule has 0 aliphatic rings. The van der Waals surface area contributed by atoms with Crippen molar-refractivity contribution < 1.29 is 9.66 Å². The first-order valence-corrected chi connectivity index (χ1v) is 6.77. The molecule has 0 aliphatic heterocycles. The van der Waals surface area contributed by atoms with E-state index in [1.54, 1.807) is 6.07 Å². The quantitative estimate of drug-likeness (QED) is 0.357. The Morgan fingerprint density at radius 1 is 1.58 bits per heavy atom. The number of benzene rings is 1. The topological polar surface area (TPSA) is 88.2 Å². The molecule has 0 bridgehead atoms. The van der Waals surface area contributed by atoms with Crippen molar-refractivity contribution in [1.82, 2.24) is 5.32 Å². The van der Waals surface area contributed by atoms with E-state index in [4.69, 9.17) is 10.00 Å². The van der Waals surface area contributed by atoms with Crippen LogP contribution >= 0.6 is 22.6 Å². The number of nitrogens with one attached hydrogen (secondary N) is 1. The van der Waals surface area contributed by atoms with E-state index in [1.165, 1.54) is 6.07 Å². The van der Waals surface area contributed by atoms with Crippen LogP contribution in [-0.2, 0) is 0 Å². The van der Waals surface area contributed by atoms with Gasteiger partial charge in [0.2, 0.25) is 5.75 Å². The third-order valence-corrected chi connectivity index (χ3v) is 3.05. The summed E-state index contributed by atoms with van der Waals surface area (Å²) < 4.78 is 6.02. The highest BCUT2D eigenvalue weighted by Crippen LogP contribution is 2.33. The van der Waals surface area contributed by atoms with Crippen molar-refractivity contribution in [1.29, 1.82) is 5.26 Å². The second-order valence-electron chi connectivity index (χ2n) is 4.13. The maximum absolute atomic E-state index is 11.0. The van der Waals surface area contributed by atoms with Crippen LogP contribution in [0.25, 0.3) is 0 Å². The molecule has 0 amide bonds. The molecular weight excluding hydrogens is 361 g/mol. The van der Waals surface area contributed by atoms with E-state index in [0.29, 0.717) is 22.8 Å². The summed E-state index contributed by atoms with van der Waals surface area (Å²) in [6.45, 7) is 4.95. The first kappa shape index (κ1) is 15.7. The Hall–Kier alpha value is -1.40. The van der Waals surface area contributed by atoms with Crippen molar-refractivity contribution in [2.45, 2.75) is 19.9 Å². The van der Waals surface area contributed by atoms with Crippen molar-refractivity contribution >= 4 is 28.3 Å². The van der Waals surface area contributed by atoms with Crippen LogP contribution in [0.15, 0.2) is 12.1 Å². The molecule has 0 saturated heterocycles. The largest absolute Gasteiger partial charge is 0.485 e. The van der Waals surface area contributed by atoms with E-state index >= 15 is 0 Å². The van der Waals surface area contributed by atoms with Gasteiger partial charge in [-0.3, -0.25) is 10.1 Å². The van der Waals surface area contributed by atoms with Gasteiger partial charge < -0.3 is 10.1 Å². The molecule has 7 heteroatoms. The molecule has 0 unspecified atom stereocenters. The highest BCUT2D eigenvalue weighted by atomic mass is 127. The average molecular weight is 375 g/mol. The minimum absolute atomic E-state index is 0.173. The van der Waals surface area contributed by atoms with Gasteiger partial charge in [-0.2, -0.15) is 5.26 Å². The summed E-state index contributed by atoms with van der Waals surface area (Å²) in [5.74, 6) is 0.218. The van der Waals surface area contributed by atoms with Crippen LogP contribution in [0.3, 0.4) is 0 Å². The smallest absolute Gasteiger partial charge is 0.313 e. The molecule has 1 rings (SSSR count). The Morgan fingerprint density at radius 2 is 2.26 bits per heavy atom. The second kappa shape index (κ2) is 7.25. The van der Waals surface area contributed by atoms with Crippen LogP contribution in [-0.4, -0.2) is 24.1 Å². The lowest BCUT2D eigenvalue weighted by Crippen LogP contribution is -2.27. The maximum Gasteiger partial charge on any atom is 0.313 e. The number of nitro benzene ring substituents is 1. The number of halogens is 1. The van der Waals surface area contributed by atoms with E-state index in [9.17, 15) is 10.1 Å². The van der Waals surface area contributed by atoms with E-state index in [1.807, 2.05) is 42.5 Å². The fourth-order valence-corrected chi connectivity index (χ4v) is 2.19. The van der Waals surface area contributed by atoms with Crippen LogP contribution < -0.4 is 10.1 Å². The average Bonchev–Trinajstić information content (AvgIpc) is 2.34. The van der Waals surface area contributed by atoms with Gasteiger partial charge in [-0.25, -0.2) is 0 Å². The van der Waals surface area contributed by atoms with Gasteiger partial charge in [0.1, 0.15) is 6.61 Å². The van der Waals surface area contributed by atoms with Crippen LogP contribution in [0.1, 0.15) is 19.4 Å². The number of hydrogen-bond donors (Lipinski definition) is 1. The molecule has 6 nitrogen and oxygen atoms in total. The summed E-state index contributed by atoms with van der Waals surface area (Å²) in [5, 5.41) is 22.9. The summed E-state index contributed by atoms with van der Waals surface area (Å²) in [5.41, 5.74) is 0.0803. The normalized spacial score (nSPS) is 10.3. The predicted octanol–water partition coefficient (Wildman–Crippen LogP) is 2.45. The molecule has 0 fully saturated rings. The monoisotopic (exact) mass is 375 g/mol. The van der Waals surface area contributed by atoms with Gasteiger partial charge in [0, 0.05) is 18.7 Å². The molecule has 0 aliphatic carbocycles. The van der Waals surface area contributed by atoms with Gasteiger partial charge in [0.05, 0.1) is 20.1 Å². The molecule has 0 atom stereocenters. The molecule has 0 saturated carbocycles. The van der Waals surface area contributed by atoms with E-state index in [0.717, 1.165) is 0 Å².